The van der Waals surface area contributed by atoms with Gasteiger partial charge in [0, 0.05) is 17.6 Å². The SMILES string of the molecule is C[C@@H](Nc1nc(Nc2ccc(NC(=O)S(C)(C)N=O)cc2)ncc1Br)C(C)(C)O. The first-order chi connectivity index (χ1) is 13.4. The lowest BCUT2D eigenvalue weighted by atomic mass is 10.0. The van der Waals surface area contributed by atoms with Crippen LogP contribution < -0.4 is 16.0 Å². The topological polar surface area (TPSA) is 129 Å². The fourth-order valence-electron chi connectivity index (χ4n) is 1.95. The molecule has 1 amide bonds. The predicted molar refractivity (Wildman–Crippen MR) is 123 cm³/mol. The summed E-state index contributed by atoms with van der Waals surface area (Å²) in [7, 11) is -2.23. The van der Waals surface area contributed by atoms with E-state index in [1.807, 2.05) is 6.92 Å². The van der Waals surface area contributed by atoms with Crippen LogP contribution in [0.3, 0.4) is 0 Å². The average molecular weight is 485 g/mol. The molecule has 1 aromatic heterocycles. The molecular weight excluding hydrogens is 460 g/mol. The van der Waals surface area contributed by atoms with Crippen LogP contribution in [0.15, 0.2) is 39.5 Å². The number of benzene rings is 1. The number of hydrogen-bond donors (Lipinski definition) is 4. The third-order valence-electron chi connectivity index (χ3n) is 4.18. The van der Waals surface area contributed by atoms with E-state index in [1.54, 1.807) is 44.3 Å². The Morgan fingerprint density at radius 2 is 1.83 bits per heavy atom. The third kappa shape index (κ3) is 6.38. The number of nitrogens with zero attached hydrogens (tertiary/aromatic N) is 3. The number of carbonyl (C=O) groups is 1. The molecule has 0 saturated heterocycles. The van der Waals surface area contributed by atoms with Crippen molar-refractivity contribution in [1.82, 2.24) is 9.97 Å². The number of anilines is 4. The Labute approximate surface area is 179 Å². The second-order valence-corrected chi connectivity index (χ2v) is 11.3. The monoisotopic (exact) mass is 484 g/mol. The molecule has 0 fully saturated rings. The van der Waals surface area contributed by atoms with Crippen LogP contribution in [0.4, 0.5) is 27.9 Å². The van der Waals surface area contributed by atoms with Gasteiger partial charge in [-0.25, -0.2) is 4.98 Å². The van der Waals surface area contributed by atoms with E-state index in [9.17, 15) is 14.8 Å². The molecule has 0 radical (unpaired) electrons. The number of amides is 1. The van der Waals surface area contributed by atoms with Crippen LogP contribution in [0.1, 0.15) is 20.8 Å². The van der Waals surface area contributed by atoms with Crippen molar-refractivity contribution in [3.8, 4) is 0 Å². The van der Waals surface area contributed by atoms with Gasteiger partial charge < -0.3 is 21.1 Å². The number of nitrogens with one attached hydrogen (secondary N) is 3. The fourth-order valence-corrected chi connectivity index (χ4v) is 2.69. The summed E-state index contributed by atoms with van der Waals surface area (Å²) in [6.45, 7) is 5.29. The molecule has 2 aromatic rings. The van der Waals surface area contributed by atoms with E-state index in [0.717, 1.165) is 0 Å². The maximum absolute atomic E-state index is 12.0. The van der Waals surface area contributed by atoms with Crippen LogP contribution in [0.2, 0.25) is 0 Å². The van der Waals surface area contributed by atoms with Gasteiger partial charge in [0.1, 0.15) is 5.82 Å². The van der Waals surface area contributed by atoms with Crippen molar-refractivity contribution in [2.75, 3.05) is 28.5 Å². The van der Waals surface area contributed by atoms with Gasteiger partial charge in [0.2, 0.25) is 5.95 Å². The minimum absolute atomic E-state index is 0.239. The molecule has 4 N–H and O–H groups in total. The molecule has 1 aromatic carbocycles. The second kappa shape index (κ2) is 9.06. The maximum atomic E-state index is 12.0. The molecule has 0 aliphatic carbocycles. The van der Waals surface area contributed by atoms with Crippen molar-refractivity contribution in [3.63, 3.8) is 0 Å². The molecular formula is C18H25BrN6O3S. The zero-order valence-electron chi connectivity index (χ0n) is 16.9. The Balaban J connectivity index is 2.09. The molecule has 0 aliphatic heterocycles. The standard InChI is InChI=1S/C18H25BrN6O3S/c1-11(18(2,3)27)21-15-14(19)10-20-16(24-15)22-12-6-8-13(9-7-12)23-17(26)29(4,5)25-28/h6-11,27H,1-5H3,(H,23,26)(H2,20,21,22,24)/t11-/m1/s1. The Kier molecular flexibility index (Phi) is 7.20. The maximum Gasteiger partial charge on any atom is 0.287 e. The van der Waals surface area contributed by atoms with Gasteiger partial charge in [-0.2, -0.15) is 4.98 Å². The van der Waals surface area contributed by atoms with Crippen LogP contribution in [0, 0.1) is 4.91 Å². The van der Waals surface area contributed by atoms with Crippen molar-refractivity contribution in [1.29, 1.82) is 0 Å². The summed E-state index contributed by atoms with van der Waals surface area (Å²) < 4.78 is 3.58. The number of aromatic nitrogens is 2. The minimum Gasteiger partial charge on any atom is -0.388 e. The van der Waals surface area contributed by atoms with Gasteiger partial charge in [-0.15, -0.1) is 4.91 Å². The zero-order valence-corrected chi connectivity index (χ0v) is 19.3. The lowest BCUT2D eigenvalue weighted by molar-refractivity contribution is 0.0647. The van der Waals surface area contributed by atoms with E-state index < -0.39 is 21.1 Å². The zero-order chi connectivity index (χ0) is 21.8. The summed E-state index contributed by atoms with van der Waals surface area (Å²) >= 11 is 3.40. The van der Waals surface area contributed by atoms with Crippen LogP contribution in [0.25, 0.3) is 0 Å². The van der Waals surface area contributed by atoms with Crippen LogP contribution in [0.5, 0.6) is 0 Å². The molecule has 0 aliphatic rings. The first-order valence-corrected chi connectivity index (χ1v) is 11.9. The molecule has 11 heteroatoms. The van der Waals surface area contributed by atoms with Crippen molar-refractivity contribution in [3.05, 3.63) is 39.8 Å². The van der Waals surface area contributed by atoms with E-state index in [1.165, 1.54) is 12.5 Å². The summed E-state index contributed by atoms with van der Waals surface area (Å²) in [5, 5.41) is 18.6. The van der Waals surface area contributed by atoms with Gasteiger partial charge in [-0.3, -0.25) is 4.79 Å². The molecule has 0 bridgehead atoms. The van der Waals surface area contributed by atoms with E-state index in [4.69, 9.17) is 0 Å². The number of carbonyl (C=O) groups excluding carboxylic acids is 1. The molecule has 0 saturated carbocycles. The van der Waals surface area contributed by atoms with Gasteiger partial charge >= 0.3 is 0 Å². The average Bonchev–Trinajstić information content (AvgIpc) is 2.65. The lowest BCUT2D eigenvalue weighted by Crippen LogP contribution is -2.39. The highest BCUT2D eigenvalue weighted by molar-refractivity contribution is 9.10. The molecule has 0 unspecified atom stereocenters. The van der Waals surface area contributed by atoms with E-state index >= 15 is 0 Å². The van der Waals surface area contributed by atoms with E-state index in [2.05, 4.69) is 46.4 Å². The van der Waals surface area contributed by atoms with Crippen molar-refractivity contribution < 1.29 is 9.90 Å². The molecule has 2 rings (SSSR count). The Morgan fingerprint density at radius 3 is 2.38 bits per heavy atom. The van der Waals surface area contributed by atoms with Gasteiger partial charge in [0.25, 0.3) is 5.24 Å². The molecule has 1 atom stereocenters. The molecule has 1 heterocycles. The van der Waals surface area contributed by atoms with Gasteiger partial charge in [0.05, 0.1) is 16.1 Å². The summed E-state index contributed by atoms with van der Waals surface area (Å²) in [4.78, 5) is 31.5. The van der Waals surface area contributed by atoms with Gasteiger partial charge in [-0.1, -0.05) is 0 Å². The Bertz CT molecular complexity index is 886. The summed E-state index contributed by atoms with van der Waals surface area (Å²) in [6.07, 6.45) is 4.67. The largest absolute Gasteiger partial charge is 0.388 e. The highest BCUT2D eigenvalue weighted by atomic mass is 79.9. The van der Waals surface area contributed by atoms with Crippen LogP contribution >= 0.6 is 26.1 Å². The van der Waals surface area contributed by atoms with Crippen molar-refractivity contribution in [2.24, 2.45) is 4.58 Å². The van der Waals surface area contributed by atoms with E-state index in [-0.39, 0.29) is 6.04 Å². The Hall–Kier alpha value is -2.24. The normalized spacial score (nSPS) is 13.3. The van der Waals surface area contributed by atoms with E-state index in [0.29, 0.717) is 27.6 Å². The lowest BCUT2D eigenvalue weighted by Gasteiger charge is -2.27. The summed E-state index contributed by atoms with van der Waals surface area (Å²) in [5.41, 5.74) is 0.350. The number of rotatable bonds is 7. The first-order valence-electron chi connectivity index (χ1n) is 8.70. The highest BCUT2D eigenvalue weighted by Gasteiger charge is 2.24. The highest BCUT2D eigenvalue weighted by Crippen LogP contribution is 2.42. The van der Waals surface area contributed by atoms with Crippen molar-refractivity contribution >= 4 is 54.5 Å². The summed E-state index contributed by atoms with van der Waals surface area (Å²) in [6, 6.07) is 6.68. The smallest absolute Gasteiger partial charge is 0.287 e. The number of nitroso groups, excluding NO2 is 1. The Morgan fingerprint density at radius 1 is 1.24 bits per heavy atom. The van der Waals surface area contributed by atoms with Crippen molar-refractivity contribution in [2.45, 2.75) is 32.4 Å². The van der Waals surface area contributed by atoms with Gasteiger partial charge in [-0.05, 0) is 88.3 Å². The third-order valence-corrected chi connectivity index (χ3v) is 6.15. The summed E-state index contributed by atoms with van der Waals surface area (Å²) in [5.74, 6) is 0.916. The first kappa shape index (κ1) is 23.0. The quantitative estimate of drug-likeness (QED) is 0.414. The number of hydrogen-bond acceptors (Lipinski definition) is 8. The molecule has 0 spiro atoms. The van der Waals surface area contributed by atoms with Crippen LogP contribution in [-0.2, 0) is 0 Å². The van der Waals surface area contributed by atoms with Gasteiger partial charge in [0.15, 0.2) is 0 Å². The number of aliphatic hydroxyl groups is 1. The molecule has 9 nitrogen and oxygen atoms in total. The fraction of sp³-hybridized carbons (Fsp3) is 0.389. The molecule has 158 valence electrons. The predicted octanol–water partition coefficient (Wildman–Crippen LogP) is 4.83. The molecule has 29 heavy (non-hydrogen) atoms. The minimum atomic E-state index is -2.23. The van der Waals surface area contributed by atoms with Crippen LogP contribution in [-0.4, -0.2) is 44.5 Å². The number of halogens is 1. The second-order valence-electron chi connectivity index (χ2n) is 7.37.